The highest BCUT2D eigenvalue weighted by molar-refractivity contribution is 6.01. The van der Waals surface area contributed by atoms with Crippen LogP contribution in [0, 0.1) is 20.8 Å². The van der Waals surface area contributed by atoms with E-state index in [0.29, 0.717) is 11.2 Å². The number of rotatable bonds is 4. The van der Waals surface area contributed by atoms with E-state index in [0.717, 1.165) is 49.4 Å². The first kappa shape index (κ1) is 20.5. The number of piperidine rings is 1. The second-order valence-electron chi connectivity index (χ2n) is 8.72. The quantitative estimate of drug-likeness (QED) is 0.656. The monoisotopic (exact) mass is 405 g/mol. The summed E-state index contributed by atoms with van der Waals surface area (Å²) in [7, 11) is 4.15. The van der Waals surface area contributed by atoms with Crippen LogP contribution in [0.4, 0.5) is 0 Å². The lowest BCUT2D eigenvalue weighted by Gasteiger charge is -2.36. The van der Waals surface area contributed by atoms with Gasteiger partial charge in [0.05, 0.1) is 11.7 Å². The average Bonchev–Trinajstić information content (AvgIpc) is 3.04. The lowest BCUT2D eigenvalue weighted by molar-refractivity contribution is 0.0612. The van der Waals surface area contributed by atoms with Crippen LogP contribution in [-0.2, 0) is 6.54 Å². The van der Waals surface area contributed by atoms with Gasteiger partial charge >= 0.3 is 0 Å². The van der Waals surface area contributed by atoms with Crippen molar-refractivity contribution in [2.45, 2.75) is 52.6 Å². The number of fused-ring (bicyclic) bond motifs is 1. The van der Waals surface area contributed by atoms with Crippen molar-refractivity contribution >= 4 is 11.6 Å². The molecule has 158 valence electrons. The standard InChI is InChI=1S/C24H31N5O/c1-16-14-17(2)29-23(25-16)22(18(3)26-29)24(30)28-13-7-6-8-21(28)20-11-9-19(10-12-20)15-27(4)5/h9-12,14,21H,6-8,13,15H2,1-5H3. The fourth-order valence-corrected chi connectivity index (χ4v) is 4.55. The van der Waals surface area contributed by atoms with Gasteiger partial charge in [-0.05, 0) is 71.3 Å². The fraction of sp³-hybridized carbons (Fsp3) is 0.458. The Morgan fingerprint density at radius 1 is 1.13 bits per heavy atom. The molecule has 1 aromatic carbocycles. The molecule has 3 heterocycles. The maximum Gasteiger partial charge on any atom is 0.260 e. The molecule has 4 rings (SSSR count). The van der Waals surface area contributed by atoms with E-state index in [1.165, 1.54) is 11.1 Å². The molecule has 0 radical (unpaired) electrons. The van der Waals surface area contributed by atoms with Gasteiger partial charge in [-0.3, -0.25) is 4.79 Å². The Morgan fingerprint density at radius 2 is 1.87 bits per heavy atom. The molecule has 1 atom stereocenters. The van der Waals surface area contributed by atoms with Crippen LogP contribution in [0.3, 0.4) is 0 Å². The Labute approximate surface area is 178 Å². The second-order valence-corrected chi connectivity index (χ2v) is 8.72. The molecule has 6 nitrogen and oxygen atoms in total. The highest BCUT2D eigenvalue weighted by Gasteiger charge is 2.32. The second kappa shape index (κ2) is 8.19. The summed E-state index contributed by atoms with van der Waals surface area (Å²) in [5.74, 6) is 0.0436. The zero-order valence-electron chi connectivity index (χ0n) is 18.6. The Hall–Kier alpha value is -2.73. The van der Waals surface area contributed by atoms with E-state index < -0.39 is 0 Å². The normalized spacial score (nSPS) is 17.1. The van der Waals surface area contributed by atoms with Crippen molar-refractivity contribution in [3.63, 3.8) is 0 Å². The Bertz CT molecular complexity index is 1070. The number of nitrogens with zero attached hydrogens (tertiary/aromatic N) is 5. The number of hydrogen-bond acceptors (Lipinski definition) is 4. The first-order valence-corrected chi connectivity index (χ1v) is 10.7. The third-order valence-corrected chi connectivity index (χ3v) is 5.91. The maximum atomic E-state index is 13.7. The molecule has 0 bridgehead atoms. The smallest absolute Gasteiger partial charge is 0.260 e. The summed E-state index contributed by atoms with van der Waals surface area (Å²) in [5, 5.41) is 4.61. The summed E-state index contributed by atoms with van der Waals surface area (Å²) in [6.45, 7) is 7.56. The largest absolute Gasteiger partial charge is 0.331 e. The number of aryl methyl sites for hydroxylation is 3. The van der Waals surface area contributed by atoms with Gasteiger partial charge in [-0.1, -0.05) is 24.3 Å². The number of likely N-dealkylation sites (tertiary alicyclic amines) is 1. The van der Waals surface area contributed by atoms with Crippen LogP contribution in [0.2, 0.25) is 0 Å². The first-order valence-electron chi connectivity index (χ1n) is 10.7. The van der Waals surface area contributed by atoms with Crippen LogP contribution in [0.15, 0.2) is 30.3 Å². The number of carbonyl (C=O) groups is 1. The van der Waals surface area contributed by atoms with Crippen LogP contribution in [0.5, 0.6) is 0 Å². The number of carbonyl (C=O) groups excluding carboxylic acids is 1. The molecule has 0 N–H and O–H groups in total. The molecule has 6 heteroatoms. The van der Waals surface area contributed by atoms with Gasteiger partial charge < -0.3 is 9.80 Å². The molecule has 0 aliphatic carbocycles. The van der Waals surface area contributed by atoms with Crippen molar-refractivity contribution in [1.82, 2.24) is 24.4 Å². The van der Waals surface area contributed by atoms with E-state index in [1.807, 2.05) is 31.7 Å². The Balaban J connectivity index is 1.69. The van der Waals surface area contributed by atoms with Gasteiger partial charge in [0.15, 0.2) is 5.65 Å². The summed E-state index contributed by atoms with van der Waals surface area (Å²) in [6, 6.07) is 10.8. The number of hydrogen-bond donors (Lipinski definition) is 0. The lowest BCUT2D eigenvalue weighted by atomic mass is 9.93. The first-order chi connectivity index (χ1) is 14.3. The van der Waals surface area contributed by atoms with E-state index in [2.05, 4.69) is 53.3 Å². The van der Waals surface area contributed by atoms with Crippen LogP contribution < -0.4 is 0 Å². The minimum Gasteiger partial charge on any atom is -0.331 e. The molecule has 1 fully saturated rings. The molecule has 30 heavy (non-hydrogen) atoms. The minimum atomic E-state index is 0.0436. The van der Waals surface area contributed by atoms with Crippen LogP contribution in [-0.4, -0.2) is 50.9 Å². The molecule has 2 aromatic heterocycles. The van der Waals surface area contributed by atoms with Gasteiger partial charge in [0.25, 0.3) is 5.91 Å². The summed E-state index contributed by atoms with van der Waals surface area (Å²) in [4.78, 5) is 22.6. The minimum absolute atomic E-state index is 0.0436. The number of benzene rings is 1. The molecule has 1 amide bonds. The summed E-state index contributed by atoms with van der Waals surface area (Å²) >= 11 is 0. The molecule has 1 unspecified atom stereocenters. The van der Waals surface area contributed by atoms with Crippen molar-refractivity contribution in [3.8, 4) is 0 Å². The van der Waals surface area contributed by atoms with Gasteiger partial charge in [-0.25, -0.2) is 9.50 Å². The SMILES string of the molecule is Cc1cc(C)n2nc(C)c(C(=O)N3CCCCC3c3ccc(CN(C)C)cc3)c2n1. The van der Waals surface area contributed by atoms with Gasteiger partial charge in [0.2, 0.25) is 0 Å². The van der Waals surface area contributed by atoms with E-state index in [4.69, 9.17) is 0 Å². The van der Waals surface area contributed by atoms with Gasteiger partial charge in [-0.2, -0.15) is 5.10 Å². The van der Waals surface area contributed by atoms with Crippen molar-refractivity contribution in [1.29, 1.82) is 0 Å². The van der Waals surface area contributed by atoms with Crippen molar-refractivity contribution in [2.24, 2.45) is 0 Å². The van der Waals surface area contributed by atoms with Gasteiger partial charge in [0.1, 0.15) is 5.56 Å². The van der Waals surface area contributed by atoms with E-state index in [-0.39, 0.29) is 11.9 Å². The highest BCUT2D eigenvalue weighted by atomic mass is 16.2. The molecule has 1 aliphatic rings. The van der Waals surface area contributed by atoms with Crippen molar-refractivity contribution in [2.75, 3.05) is 20.6 Å². The van der Waals surface area contributed by atoms with Crippen LogP contribution >= 0.6 is 0 Å². The zero-order valence-corrected chi connectivity index (χ0v) is 18.6. The van der Waals surface area contributed by atoms with E-state index in [1.54, 1.807) is 4.52 Å². The van der Waals surface area contributed by atoms with Crippen molar-refractivity contribution in [3.05, 3.63) is 64.1 Å². The van der Waals surface area contributed by atoms with Gasteiger partial charge in [0, 0.05) is 24.5 Å². The fourth-order valence-electron chi connectivity index (χ4n) is 4.55. The Kier molecular flexibility index (Phi) is 5.60. The summed E-state index contributed by atoms with van der Waals surface area (Å²) < 4.78 is 1.80. The van der Waals surface area contributed by atoms with Crippen molar-refractivity contribution < 1.29 is 4.79 Å². The molecule has 1 saturated heterocycles. The predicted molar refractivity (Wildman–Crippen MR) is 119 cm³/mol. The van der Waals surface area contributed by atoms with Crippen LogP contribution in [0.1, 0.15) is 63.9 Å². The highest BCUT2D eigenvalue weighted by Crippen LogP contribution is 2.33. The number of aromatic nitrogens is 3. The molecule has 1 aliphatic heterocycles. The summed E-state index contributed by atoms with van der Waals surface area (Å²) in [5.41, 5.74) is 6.43. The Morgan fingerprint density at radius 3 is 2.57 bits per heavy atom. The zero-order chi connectivity index (χ0) is 21.4. The lowest BCUT2D eigenvalue weighted by Crippen LogP contribution is -2.38. The molecule has 0 saturated carbocycles. The maximum absolute atomic E-state index is 13.7. The molecule has 0 spiro atoms. The predicted octanol–water partition coefficient (Wildman–Crippen LogP) is 4.08. The van der Waals surface area contributed by atoms with E-state index in [9.17, 15) is 4.79 Å². The van der Waals surface area contributed by atoms with Gasteiger partial charge in [-0.15, -0.1) is 0 Å². The molecule has 3 aromatic rings. The molecular formula is C24H31N5O. The number of amides is 1. The van der Waals surface area contributed by atoms with Crippen LogP contribution in [0.25, 0.3) is 5.65 Å². The topological polar surface area (TPSA) is 53.7 Å². The summed E-state index contributed by atoms with van der Waals surface area (Å²) in [6.07, 6.45) is 3.16. The van der Waals surface area contributed by atoms with E-state index >= 15 is 0 Å². The average molecular weight is 406 g/mol. The molecular weight excluding hydrogens is 374 g/mol. The third kappa shape index (κ3) is 3.84. The third-order valence-electron chi connectivity index (χ3n) is 5.91.